The van der Waals surface area contributed by atoms with Crippen LogP contribution in [0.5, 0.6) is 11.5 Å². The Bertz CT molecular complexity index is 585. The number of allylic oxidation sites excluding steroid dienone is 1. The molecule has 0 bridgehead atoms. The fourth-order valence-corrected chi connectivity index (χ4v) is 2.23. The Hall–Kier alpha value is -2.26. The predicted molar refractivity (Wildman–Crippen MR) is 88.8 cm³/mol. The quantitative estimate of drug-likeness (QED) is 0.727. The molecule has 0 aliphatic carbocycles. The van der Waals surface area contributed by atoms with Gasteiger partial charge in [-0.05, 0) is 61.1 Å². The van der Waals surface area contributed by atoms with Crippen molar-refractivity contribution in [3.63, 3.8) is 0 Å². The first-order valence-corrected chi connectivity index (χ1v) is 7.55. The van der Waals surface area contributed by atoms with Gasteiger partial charge in [0.15, 0.2) is 0 Å². The summed E-state index contributed by atoms with van der Waals surface area (Å²) in [5, 5.41) is 28.4. The zero-order valence-electron chi connectivity index (χ0n) is 12.5. The number of aliphatic hydroxyl groups is 1. The van der Waals surface area contributed by atoms with Gasteiger partial charge in [0.2, 0.25) is 0 Å². The Kier molecular flexibility index (Phi) is 6.04. The second-order valence-corrected chi connectivity index (χ2v) is 5.43. The first-order valence-electron chi connectivity index (χ1n) is 7.55. The van der Waals surface area contributed by atoms with Gasteiger partial charge in [0, 0.05) is 0 Å². The number of rotatable bonds is 7. The number of hydrogen-bond donors (Lipinski definition) is 3. The van der Waals surface area contributed by atoms with Crippen LogP contribution in [-0.2, 0) is 6.42 Å². The molecule has 0 radical (unpaired) electrons. The molecule has 2 rings (SSSR count). The number of aryl methyl sites for hydroxylation is 1. The Labute approximate surface area is 131 Å². The standard InChI is InChI=1S/C19H22O3/c20-17(10-7-16-8-13-19(22)14-9-16)4-2-1-3-15-5-11-18(21)12-6-15/h1,3,5-6,8-9,11-14,17,20-22H,2,4,7,10H2/b3-1+/t17-/m1/s1. The SMILES string of the molecule is Oc1ccc(/C=C/CC[C@@H](O)CCc2ccc(O)cc2)cc1. The molecule has 0 aliphatic heterocycles. The molecule has 1 atom stereocenters. The first-order chi connectivity index (χ1) is 10.6. The Morgan fingerprint density at radius 2 is 1.41 bits per heavy atom. The summed E-state index contributed by atoms with van der Waals surface area (Å²) in [7, 11) is 0. The molecule has 0 saturated carbocycles. The Balaban J connectivity index is 1.68. The zero-order chi connectivity index (χ0) is 15.8. The van der Waals surface area contributed by atoms with E-state index in [2.05, 4.69) is 0 Å². The number of aromatic hydroxyl groups is 2. The van der Waals surface area contributed by atoms with Gasteiger partial charge in [0.05, 0.1) is 6.10 Å². The minimum Gasteiger partial charge on any atom is -0.508 e. The average molecular weight is 298 g/mol. The van der Waals surface area contributed by atoms with Crippen molar-refractivity contribution in [1.82, 2.24) is 0 Å². The molecule has 0 aliphatic rings. The van der Waals surface area contributed by atoms with Crippen LogP contribution in [0.15, 0.2) is 54.6 Å². The summed E-state index contributed by atoms with van der Waals surface area (Å²) in [6.45, 7) is 0. The maximum absolute atomic E-state index is 9.98. The van der Waals surface area contributed by atoms with Gasteiger partial charge in [0.1, 0.15) is 11.5 Å². The summed E-state index contributed by atoms with van der Waals surface area (Å²) in [4.78, 5) is 0. The largest absolute Gasteiger partial charge is 0.508 e. The van der Waals surface area contributed by atoms with Crippen LogP contribution < -0.4 is 0 Å². The highest BCUT2D eigenvalue weighted by molar-refractivity contribution is 5.50. The third kappa shape index (κ3) is 5.62. The molecule has 0 unspecified atom stereocenters. The highest BCUT2D eigenvalue weighted by Gasteiger charge is 2.03. The fourth-order valence-electron chi connectivity index (χ4n) is 2.23. The molecule has 0 saturated heterocycles. The smallest absolute Gasteiger partial charge is 0.115 e. The van der Waals surface area contributed by atoms with Crippen LogP contribution >= 0.6 is 0 Å². The van der Waals surface area contributed by atoms with Crippen LogP contribution in [-0.4, -0.2) is 21.4 Å². The molecule has 3 nitrogen and oxygen atoms in total. The first kappa shape index (κ1) is 16.1. The van der Waals surface area contributed by atoms with Gasteiger partial charge in [-0.1, -0.05) is 36.4 Å². The summed E-state index contributed by atoms with van der Waals surface area (Å²) in [5.41, 5.74) is 2.16. The van der Waals surface area contributed by atoms with Crippen molar-refractivity contribution in [2.75, 3.05) is 0 Å². The van der Waals surface area contributed by atoms with Crippen molar-refractivity contribution in [3.05, 3.63) is 65.7 Å². The Morgan fingerprint density at radius 1 is 0.818 bits per heavy atom. The molecule has 116 valence electrons. The van der Waals surface area contributed by atoms with Crippen LogP contribution in [0.2, 0.25) is 0 Å². The number of benzene rings is 2. The third-order valence-corrected chi connectivity index (χ3v) is 3.57. The summed E-state index contributed by atoms with van der Waals surface area (Å²) < 4.78 is 0. The van der Waals surface area contributed by atoms with E-state index in [1.165, 1.54) is 0 Å². The summed E-state index contributed by atoms with van der Waals surface area (Å²) in [5.74, 6) is 0.533. The van der Waals surface area contributed by atoms with Crippen molar-refractivity contribution in [2.45, 2.75) is 31.8 Å². The molecule has 2 aromatic rings. The number of phenols is 2. The third-order valence-electron chi connectivity index (χ3n) is 3.57. The number of aliphatic hydroxyl groups excluding tert-OH is 1. The lowest BCUT2D eigenvalue weighted by Crippen LogP contribution is -2.07. The van der Waals surface area contributed by atoms with Crippen LogP contribution in [0.4, 0.5) is 0 Å². The van der Waals surface area contributed by atoms with E-state index in [0.29, 0.717) is 0 Å². The summed E-state index contributed by atoms with van der Waals surface area (Å²) in [6, 6.07) is 14.1. The minimum atomic E-state index is -0.321. The van der Waals surface area contributed by atoms with E-state index in [9.17, 15) is 15.3 Å². The van der Waals surface area contributed by atoms with E-state index in [1.54, 1.807) is 24.3 Å². The van der Waals surface area contributed by atoms with Crippen LogP contribution in [0.25, 0.3) is 6.08 Å². The van der Waals surface area contributed by atoms with Gasteiger partial charge in [0.25, 0.3) is 0 Å². The maximum atomic E-state index is 9.98. The second-order valence-electron chi connectivity index (χ2n) is 5.43. The van der Waals surface area contributed by atoms with Crippen molar-refractivity contribution < 1.29 is 15.3 Å². The Morgan fingerprint density at radius 3 is 2.05 bits per heavy atom. The molecule has 3 heteroatoms. The number of hydrogen-bond acceptors (Lipinski definition) is 3. The fraction of sp³-hybridized carbons (Fsp3) is 0.263. The predicted octanol–water partition coefficient (Wildman–Crippen LogP) is 3.88. The minimum absolute atomic E-state index is 0.266. The van der Waals surface area contributed by atoms with Gasteiger partial charge in [-0.15, -0.1) is 0 Å². The van der Waals surface area contributed by atoms with Gasteiger partial charge in [-0.2, -0.15) is 0 Å². The maximum Gasteiger partial charge on any atom is 0.115 e. The highest BCUT2D eigenvalue weighted by Crippen LogP contribution is 2.14. The molecule has 0 spiro atoms. The van der Waals surface area contributed by atoms with E-state index >= 15 is 0 Å². The van der Waals surface area contributed by atoms with E-state index in [4.69, 9.17) is 0 Å². The van der Waals surface area contributed by atoms with Crippen molar-refractivity contribution in [3.8, 4) is 11.5 Å². The normalized spacial score (nSPS) is 12.6. The molecule has 0 heterocycles. The van der Waals surface area contributed by atoms with E-state index < -0.39 is 0 Å². The second kappa shape index (κ2) is 8.25. The lowest BCUT2D eigenvalue weighted by molar-refractivity contribution is 0.156. The topological polar surface area (TPSA) is 60.7 Å². The molecule has 0 fully saturated rings. The lowest BCUT2D eigenvalue weighted by Gasteiger charge is -2.09. The number of phenolic OH excluding ortho intramolecular Hbond substituents is 2. The average Bonchev–Trinajstić information content (AvgIpc) is 2.53. The van der Waals surface area contributed by atoms with Gasteiger partial charge in [-0.3, -0.25) is 0 Å². The summed E-state index contributed by atoms with van der Waals surface area (Å²) >= 11 is 0. The van der Waals surface area contributed by atoms with E-state index in [1.807, 2.05) is 36.4 Å². The molecule has 3 N–H and O–H groups in total. The van der Waals surface area contributed by atoms with Gasteiger partial charge < -0.3 is 15.3 Å². The summed E-state index contributed by atoms with van der Waals surface area (Å²) in [6.07, 6.45) is 6.78. The van der Waals surface area contributed by atoms with E-state index in [0.717, 1.165) is 36.8 Å². The molecular weight excluding hydrogens is 276 g/mol. The molecular formula is C19H22O3. The molecule has 0 aromatic heterocycles. The van der Waals surface area contributed by atoms with Crippen molar-refractivity contribution in [2.24, 2.45) is 0 Å². The van der Waals surface area contributed by atoms with Gasteiger partial charge >= 0.3 is 0 Å². The lowest BCUT2D eigenvalue weighted by atomic mass is 10.0. The zero-order valence-corrected chi connectivity index (χ0v) is 12.5. The van der Waals surface area contributed by atoms with Crippen LogP contribution in [0, 0.1) is 0 Å². The van der Waals surface area contributed by atoms with Crippen LogP contribution in [0.1, 0.15) is 30.4 Å². The molecule has 0 amide bonds. The highest BCUT2D eigenvalue weighted by atomic mass is 16.3. The van der Waals surface area contributed by atoms with E-state index in [-0.39, 0.29) is 17.6 Å². The van der Waals surface area contributed by atoms with Crippen LogP contribution in [0.3, 0.4) is 0 Å². The monoisotopic (exact) mass is 298 g/mol. The van der Waals surface area contributed by atoms with Crippen molar-refractivity contribution in [1.29, 1.82) is 0 Å². The van der Waals surface area contributed by atoms with Crippen molar-refractivity contribution >= 4 is 6.08 Å². The molecule has 2 aromatic carbocycles. The van der Waals surface area contributed by atoms with Gasteiger partial charge in [-0.25, -0.2) is 0 Å². The molecule has 22 heavy (non-hydrogen) atoms.